The highest BCUT2D eigenvalue weighted by Crippen LogP contribution is 2.09. The van der Waals surface area contributed by atoms with Crippen molar-refractivity contribution in [3.63, 3.8) is 0 Å². The van der Waals surface area contributed by atoms with E-state index < -0.39 is 0 Å². The second-order valence-electron chi connectivity index (χ2n) is 3.62. The number of ether oxygens (including phenoxy) is 1. The highest BCUT2D eigenvalue weighted by molar-refractivity contribution is 5.09. The third-order valence-corrected chi connectivity index (χ3v) is 2.01. The number of rotatable bonds is 5. The molecule has 0 fully saturated rings. The quantitative estimate of drug-likeness (QED) is 0.774. The van der Waals surface area contributed by atoms with Crippen LogP contribution in [0, 0.1) is 0 Å². The second kappa shape index (κ2) is 5.12. The average Bonchev–Trinajstić information content (AvgIpc) is 2.62. The van der Waals surface area contributed by atoms with Gasteiger partial charge < -0.3 is 10.5 Å². The van der Waals surface area contributed by atoms with Gasteiger partial charge in [0.05, 0.1) is 24.9 Å². The molecular formula is C10H19N3O. The largest absolute Gasteiger partial charge is 0.377 e. The third-order valence-electron chi connectivity index (χ3n) is 2.01. The molecule has 0 amide bonds. The molecular weight excluding hydrogens is 178 g/mol. The molecule has 1 unspecified atom stereocenters. The fourth-order valence-electron chi connectivity index (χ4n) is 1.14. The Morgan fingerprint density at radius 3 is 2.79 bits per heavy atom. The fourth-order valence-corrected chi connectivity index (χ4v) is 1.14. The van der Waals surface area contributed by atoms with E-state index in [9.17, 15) is 0 Å². The van der Waals surface area contributed by atoms with Gasteiger partial charge in [-0.25, -0.2) is 0 Å². The van der Waals surface area contributed by atoms with Crippen LogP contribution in [-0.2, 0) is 11.3 Å². The van der Waals surface area contributed by atoms with Gasteiger partial charge in [-0.05, 0) is 20.8 Å². The Bertz CT molecular complexity index is 270. The zero-order valence-corrected chi connectivity index (χ0v) is 9.10. The number of hydrogen-bond donors (Lipinski definition) is 1. The summed E-state index contributed by atoms with van der Waals surface area (Å²) in [6, 6.07) is -0.0716. The minimum atomic E-state index is -0.0716. The summed E-state index contributed by atoms with van der Waals surface area (Å²) in [6.07, 6.45) is 3.99. The standard InChI is InChI=1S/C10H19N3O/c1-4-13-6-9(5-12-13)10(11)7-14-8(2)3/h5-6,8,10H,4,7,11H2,1-3H3. The molecule has 14 heavy (non-hydrogen) atoms. The molecule has 1 atom stereocenters. The highest BCUT2D eigenvalue weighted by atomic mass is 16.5. The van der Waals surface area contributed by atoms with Crippen molar-refractivity contribution in [2.75, 3.05) is 6.61 Å². The predicted molar refractivity (Wildman–Crippen MR) is 55.9 cm³/mol. The molecule has 0 aliphatic rings. The van der Waals surface area contributed by atoms with Crippen LogP contribution >= 0.6 is 0 Å². The van der Waals surface area contributed by atoms with Gasteiger partial charge >= 0.3 is 0 Å². The molecule has 0 bridgehead atoms. The lowest BCUT2D eigenvalue weighted by atomic mass is 10.2. The summed E-state index contributed by atoms with van der Waals surface area (Å²) >= 11 is 0. The van der Waals surface area contributed by atoms with Crippen molar-refractivity contribution in [3.8, 4) is 0 Å². The molecule has 0 aliphatic heterocycles. The molecule has 4 nitrogen and oxygen atoms in total. The molecule has 0 radical (unpaired) electrons. The van der Waals surface area contributed by atoms with E-state index >= 15 is 0 Å². The second-order valence-corrected chi connectivity index (χ2v) is 3.62. The number of hydrogen-bond acceptors (Lipinski definition) is 3. The Morgan fingerprint density at radius 1 is 1.57 bits per heavy atom. The summed E-state index contributed by atoms with van der Waals surface area (Å²) in [4.78, 5) is 0. The van der Waals surface area contributed by atoms with Gasteiger partial charge in [0.1, 0.15) is 0 Å². The smallest absolute Gasteiger partial charge is 0.0664 e. The highest BCUT2D eigenvalue weighted by Gasteiger charge is 2.09. The first-order chi connectivity index (χ1) is 6.63. The monoisotopic (exact) mass is 197 g/mol. The maximum Gasteiger partial charge on any atom is 0.0664 e. The Hall–Kier alpha value is -0.870. The van der Waals surface area contributed by atoms with E-state index in [4.69, 9.17) is 10.5 Å². The third kappa shape index (κ3) is 3.12. The van der Waals surface area contributed by atoms with Gasteiger partial charge in [0.15, 0.2) is 0 Å². The zero-order chi connectivity index (χ0) is 10.6. The summed E-state index contributed by atoms with van der Waals surface area (Å²) in [5.74, 6) is 0. The number of nitrogens with zero attached hydrogens (tertiary/aromatic N) is 2. The van der Waals surface area contributed by atoms with Crippen molar-refractivity contribution < 1.29 is 4.74 Å². The van der Waals surface area contributed by atoms with Crippen LogP contribution < -0.4 is 5.73 Å². The fraction of sp³-hybridized carbons (Fsp3) is 0.700. The van der Waals surface area contributed by atoms with Gasteiger partial charge in [0, 0.05) is 18.3 Å². The van der Waals surface area contributed by atoms with Gasteiger partial charge in [0.25, 0.3) is 0 Å². The van der Waals surface area contributed by atoms with Crippen LogP contribution in [0.4, 0.5) is 0 Å². The predicted octanol–water partition coefficient (Wildman–Crippen LogP) is 1.33. The van der Waals surface area contributed by atoms with Crippen molar-refractivity contribution in [3.05, 3.63) is 18.0 Å². The lowest BCUT2D eigenvalue weighted by Crippen LogP contribution is -2.19. The Labute approximate surface area is 85.0 Å². The van der Waals surface area contributed by atoms with E-state index in [1.54, 1.807) is 6.20 Å². The molecule has 0 aromatic carbocycles. The lowest BCUT2D eigenvalue weighted by molar-refractivity contribution is 0.0683. The number of aryl methyl sites for hydroxylation is 1. The average molecular weight is 197 g/mol. The molecule has 1 heterocycles. The van der Waals surface area contributed by atoms with Crippen LogP contribution in [0.5, 0.6) is 0 Å². The van der Waals surface area contributed by atoms with Crippen LogP contribution in [0.25, 0.3) is 0 Å². The Morgan fingerprint density at radius 2 is 2.29 bits per heavy atom. The lowest BCUT2D eigenvalue weighted by Gasteiger charge is -2.12. The number of nitrogens with two attached hydrogens (primary N) is 1. The molecule has 4 heteroatoms. The van der Waals surface area contributed by atoms with E-state index in [-0.39, 0.29) is 12.1 Å². The number of aromatic nitrogens is 2. The SMILES string of the molecule is CCn1cc(C(N)COC(C)C)cn1. The molecule has 1 aromatic heterocycles. The molecule has 0 saturated carbocycles. The summed E-state index contributed by atoms with van der Waals surface area (Å²) < 4.78 is 7.30. The van der Waals surface area contributed by atoms with Crippen molar-refractivity contribution in [1.29, 1.82) is 0 Å². The topological polar surface area (TPSA) is 53.1 Å². The molecule has 2 N–H and O–H groups in total. The van der Waals surface area contributed by atoms with E-state index in [2.05, 4.69) is 5.10 Å². The first-order valence-corrected chi connectivity index (χ1v) is 5.03. The van der Waals surface area contributed by atoms with Crippen LogP contribution in [0.1, 0.15) is 32.4 Å². The first kappa shape index (κ1) is 11.2. The van der Waals surface area contributed by atoms with Crippen LogP contribution in [0.2, 0.25) is 0 Å². The Kier molecular flexibility index (Phi) is 4.10. The zero-order valence-electron chi connectivity index (χ0n) is 9.10. The van der Waals surface area contributed by atoms with Crippen molar-refractivity contribution in [2.45, 2.75) is 39.5 Å². The molecule has 0 aliphatic carbocycles. The van der Waals surface area contributed by atoms with E-state index in [1.807, 2.05) is 31.6 Å². The maximum atomic E-state index is 5.93. The summed E-state index contributed by atoms with van der Waals surface area (Å²) in [7, 11) is 0. The van der Waals surface area contributed by atoms with Crippen LogP contribution in [-0.4, -0.2) is 22.5 Å². The van der Waals surface area contributed by atoms with Gasteiger partial charge in [-0.15, -0.1) is 0 Å². The summed E-state index contributed by atoms with van der Waals surface area (Å²) in [5, 5.41) is 4.16. The molecule has 80 valence electrons. The minimum Gasteiger partial charge on any atom is -0.377 e. The molecule has 1 rings (SSSR count). The molecule has 0 spiro atoms. The summed E-state index contributed by atoms with van der Waals surface area (Å²) in [5.41, 5.74) is 6.97. The van der Waals surface area contributed by atoms with Gasteiger partial charge in [-0.1, -0.05) is 0 Å². The van der Waals surface area contributed by atoms with E-state index in [1.165, 1.54) is 0 Å². The van der Waals surface area contributed by atoms with Gasteiger partial charge in [-0.3, -0.25) is 4.68 Å². The van der Waals surface area contributed by atoms with E-state index in [0.717, 1.165) is 12.1 Å². The van der Waals surface area contributed by atoms with E-state index in [0.29, 0.717) is 6.61 Å². The molecule has 0 saturated heterocycles. The van der Waals surface area contributed by atoms with Crippen molar-refractivity contribution >= 4 is 0 Å². The normalized spacial score (nSPS) is 13.5. The van der Waals surface area contributed by atoms with Crippen LogP contribution in [0.15, 0.2) is 12.4 Å². The van der Waals surface area contributed by atoms with Crippen molar-refractivity contribution in [2.24, 2.45) is 5.73 Å². The maximum absolute atomic E-state index is 5.93. The molecule has 1 aromatic rings. The van der Waals surface area contributed by atoms with Gasteiger partial charge in [0.2, 0.25) is 0 Å². The minimum absolute atomic E-state index is 0.0716. The van der Waals surface area contributed by atoms with Crippen LogP contribution in [0.3, 0.4) is 0 Å². The Balaban J connectivity index is 2.47. The first-order valence-electron chi connectivity index (χ1n) is 5.03. The summed E-state index contributed by atoms with van der Waals surface area (Å²) in [6.45, 7) is 7.47. The van der Waals surface area contributed by atoms with Gasteiger partial charge in [-0.2, -0.15) is 5.10 Å². The van der Waals surface area contributed by atoms with Crippen molar-refractivity contribution in [1.82, 2.24) is 9.78 Å².